The summed E-state index contributed by atoms with van der Waals surface area (Å²) in [5.41, 5.74) is 1.17. The minimum atomic E-state index is -0.539. The molecule has 1 unspecified atom stereocenters. The Labute approximate surface area is 174 Å². The Morgan fingerprint density at radius 2 is 1.83 bits per heavy atom. The first kappa shape index (κ1) is 20.9. The lowest BCUT2D eigenvalue weighted by atomic mass is 9.96. The molecule has 29 heavy (non-hydrogen) atoms. The van der Waals surface area contributed by atoms with Gasteiger partial charge in [0.2, 0.25) is 0 Å². The largest absolute Gasteiger partial charge is 0.493 e. The van der Waals surface area contributed by atoms with Crippen molar-refractivity contribution in [3.63, 3.8) is 0 Å². The Morgan fingerprint density at radius 1 is 1.10 bits per heavy atom. The van der Waals surface area contributed by atoms with E-state index in [-0.39, 0.29) is 12.2 Å². The first-order chi connectivity index (χ1) is 14.0. The van der Waals surface area contributed by atoms with Crippen LogP contribution in [0, 0.1) is 11.8 Å². The van der Waals surface area contributed by atoms with Gasteiger partial charge >= 0.3 is 0 Å². The average molecular weight is 405 g/mol. The average Bonchev–Trinajstić information content (AvgIpc) is 3.26. The van der Waals surface area contributed by atoms with Gasteiger partial charge in [0.05, 0.1) is 12.7 Å². The molecule has 1 aromatic rings. The quantitative estimate of drug-likeness (QED) is 0.682. The fourth-order valence-electron chi connectivity index (χ4n) is 5.35. The minimum Gasteiger partial charge on any atom is -0.493 e. The number of fused-ring (bicyclic) bond motifs is 1. The first-order valence-electron chi connectivity index (χ1n) is 11.0. The molecular formula is C23H36N2O4. The van der Waals surface area contributed by atoms with E-state index in [1.54, 1.807) is 14.2 Å². The fraction of sp³-hybridized carbons (Fsp3) is 0.739. The molecular weight excluding hydrogens is 368 g/mol. The van der Waals surface area contributed by atoms with Crippen LogP contribution in [0.2, 0.25) is 0 Å². The van der Waals surface area contributed by atoms with E-state index in [0.717, 1.165) is 37.2 Å². The van der Waals surface area contributed by atoms with Gasteiger partial charge in [0.15, 0.2) is 11.5 Å². The maximum absolute atomic E-state index is 10.4. The minimum absolute atomic E-state index is 0.0772. The number of hydrogen-bond acceptors (Lipinski definition) is 6. The molecule has 6 heteroatoms. The van der Waals surface area contributed by atoms with Gasteiger partial charge in [-0.3, -0.25) is 9.80 Å². The lowest BCUT2D eigenvalue weighted by Crippen LogP contribution is -2.62. The van der Waals surface area contributed by atoms with Crippen molar-refractivity contribution in [3.05, 3.63) is 23.8 Å². The molecule has 0 aromatic heterocycles. The number of rotatable bonds is 9. The number of aliphatic hydroxyl groups excluding tert-OH is 1. The highest BCUT2D eigenvalue weighted by atomic mass is 16.5. The third-order valence-electron chi connectivity index (χ3n) is 6.95. The Kier molecular flexibility index (Phi) is 6.35. The number of methoxy groups -OCH3 is 2. The van der Waals surface area contributed by atoms with E-state index in [9.17, 15) is 5.11 Å². The van der Waals surface area contributed by atoms with Gasteiger partial charge in [-0.1, -0.05) is 12.5 Å². The molecule has 6 nitrogen and oxygen atoms in total. The molecule has 0 bridgehead atoms. The highest BCUT2D eigenvalue weighted by Gasteiger charge is 2.39. The SMILES string of the molecule is COc1ccc(CN2C[C@H]3CCC[C@H]3C2)cc1OCC(O)CN1CC(C)(OC)C1. The van der Waals surface area contributed by atoms with Crippen molar-refractivity contribution in [2.75, 3.05) is 53.6 Å². The maximum atomic E-state index is 10.4. The predicted octanol–water partition coefficient (Wildman–Crippen LogP) is 2.39. The number of nitrogens with zero attached hydrogens (tertiary/aromatic N) is 2. The monoisotopic (exact) mass is 404 g/mol. The van der Waals surface area contributed by atoms with Crippen LogP contribution in [0.15, 0.2) is 18.2 Å². The number of ether oxygens (including phenoxy) is 3. The number of likely N-dealkylation sites (tertiary alicyclic amines) is 2. The van der Waals surface area contributed by atoms with E-state index in [0.29, 0.717) is 12.3 Å². The molecule has 1 N–H and O–H groups in total. The molecule has 3 atom stereocenters. The van der Waals surface area contributed by atoms with E-state index in [1.807, 2.05) is 6.07 Å². The third-order valence-corrected chi connectivity index (χ3v) is 6.95. The van der Waals surface area contributed by atoms with Crippen molar-refractivity contribution in [3.8, 4) is 11.5 Å². The van der Waals surface area contributed by atoms with Crippen LogP contribution < -0.4 is 9.47 Å². The molecule has 3 aliphatic rings. The zero-order chi connectivity index (χ0) is 20.4. The van der Waals surface area contributed by atoms with Crippen molar-refractivity contribution in [1.29, 1.82) is 0 Å². The van der Waals surface area contributed by atoms with E-state index in [2.05, 4.69) is 28.9 Å². The summed E-state index contributed by atoms with van der Waals surface area (Å²) in [5, 5.41) is 10.4. The summed E-state index contributed by atoms with van der Waals surface area (Å²) in [6, 6.07) is 6.18. The van der Waals surface area contributed by atoms with Crippen LogP contribution in [0.4, 0.5) is 0 Å². The second-order valence-electron chi connectivity index (χ2n) is 9.42. The van der Waals surface area contributed by atoms with Crippen LogP contribution in [0.5, 0.6) is 11.5 Å². The second-order valence-corrected chi connectivity index (χ2v) is 9.42. The number of hydrogen-bond donors (Lipinski definition) is 1. The molecule has 1 aromatic carbocycles. The summed E-state index contributed by atoms with van der Waals surface area (Å²) in [7, 11) is 3.40. The van der Waals surface area contributed by atoms with Gasteiger partial charge in [0, 0.05) is 46.4 Å². The Hall–Kier alpha value is -1.34. The van der Waals surface area contributed by atoms with E-state index < -0.39 is 6.10 Å². The van der Waals surface area contributed by atoms with E-state index >= 15 is 0 Å². The molecule has 3 fully saturated rings. The normalized spacial score (nSPS) is 27.4. The summed E-state index contributed by atoms with van der Waals surface area (Å²) in [6.07, 6.45) is 3.67. The molecule has 2 heterocycles. The fourth-order valence-corrected chi connectivity index (χ4v) is 5.35. The smallest absolute Gasteiger partial charge is 0.161 e. The standard InChI is InChI=1S/C23H36N2O4/c1-23(28-3)15-25(16-23)13-20(26)14-29-22-9-17(7-8-21(22)27-2)10-24-11-18-5-4-6-19(18)12-24/h7-9,18-20,26H,4-6,10-16H2,1-3H3/t18-,19+,20?. The van der Waals surface area contributed by atoms with Crippen molar-refractivity contribution in [2.45, 2.75) is 44.4 Å². The first-order valence-corrected chi connectivity index (χ1v) is 11.0. The zero-order valence-electron chi connectivity index (χ0n) is 18.1. The summed E-state index contributed by atoms with van der Waals surface area (Å²) >= 11 is 0. The summed E-state index contributed by atoms with van der Waals surface area (Å²) in [5.74, 6) is 3.24. The molecule has 1 aliphatic carbocycles. The van der Waals surface area contributed by atoms with Gasteiger partial charge in [0.25, 0.3) is 0 Å². The summed E-state index contributed by atoms with van der Waals surface area (Å²) in [6.45, 7) is 8.04. The van der Waals surface area contributed by atoms with Crippen molar-refractivity contribution < 1.29 is 19.3 Å². The molecule has 0 spiro atoms. The topological polar surface area (TPSA) is 54.4 Å². The van der Waals surface area contributed by atoms with E-state index in [1.165, 1.54) is 37.9 Å². The Balaban J connectivity index is 1.29. The molecule has 0 amide bonds. The van der Waals surface area contributed by atoms with Gasteiger partial charge in [-0.15, -0.1) is 0 Å². The molecule has 4 rings (SSSR count). The van der Waals surface area contributed by atoms with Gasteiger partial charge in [-0.2, -0.15) is 0 Å². The van der Waals surface area contributed by atoms with Crippen LogP contribution in [0.25, 0.3) is 0 Å². The van der Waals surface area contributed by atoms with Crippen LogP contribution in [-0.4, -0.2) is 80.2 Å². The van der Waals surface area contributed by atoms with Crippen molar-refractivity contribution in [1.82, 2.24) is 9.80 Å². The highest BCUT2D eigenvalue weighted by Crippen LogP contribution is 2.38. The number of aliphatic hydroxyl groups is 1. The molecule has 2 aliphatic heterocycles. The molecule has 162 valence electrons. The van der Waals surface area contributed by atoms with Gasteiger partial charge in [0.1, 0.15) is 12.7 Å². The number of benzene rings is 1. The molecule has 1 saturated carbocycles. The molecule has 0 radical (unpaired) electrons. The van der Waals surface area contributed by atoms with E-state index in [4.69, 9.17) is 14.2 Å². The zero-order valence-corrected chi connectivity index (χ0v) is 18.1. The lowest BCUT2D eigenvalue weighted by Gasteiger charge is -2.47. The Morgan fingerprint density at radius 3 is 2.48 bits per heavy atom. The third kappa shape index (κ3) is 4.88. The van der Waals surface area contributed by atoms with Crippen LogP contribution in [0.1, 0.15) is 31.7 Å². The predicted molar refractivity (Wildman–Crippen MR) is 112 cm³/mol. The lowest BCUT2D eigenvalue weighted by molar-refractivity contribution is -0.121. The van der Waals surface area contributed by atoms with Crippen LogP contribution >= 0.6 is 0 Å². The highest BCUT2D eigenvalue weighted by molar-refractivity contribution is 5.43. The Bertz CT molecular complexity index is 679. The van der Waals surface area contributed by atoms with Gasteiger partial charge in [-0.25, -0.2) is 0 Å². The number of β-amino-alcohol motifs (C(OH)–C–C–N with tert-alkyl or cyclic N) is 1. The van der Waals surface area contributed by atoms with Crippen molar-refractivity contribution in [2.24, 2.45) is 11.8 Å². The van der Waals surface area contributed by atoms with Crippen molar-refractivity contribution >= 4 is 0 Å². The summed E-state index contributed by atoms with van der Waals surface area (Å²) < 4.78 is 16.9. The van der Waals surface area contributed by atoms with Crippen LogP contribution in [-0.2, 0) is 11.3 Å². The van der Waals surface area contributed by atoms with Gasteiger partial charge < -0.3 is 19.3 Å². The summed E-state index contributed by atoms with van der Waals surface area (Å²) in [4.78, 5) is 4.76. The maximum Gasteiger partial charge on any atom is 0.161 e. The van der Waals surface area contributed by atoms with Gasteiger partial charge in [-0.05, 0) is 49.3 Å². The molecule has 2 saturated heterocycles. The van der Waals surface area contributed by atoms with Crippen LogP contribution in [0.3, 0.4) is 0 Å². The second kappa shape index (κ2) is 8.80.